The van der Waals surface area contributed by atoms with Gasteiger partial charge in [0.1, 0.15) is 5.82 Å². The number of carbonyl (C=O) groups is 1. The molecule has 4 nitrogen and oxygen atoms in total. The van der Waals surface area contributed by atoms with Gasteiger partial charge in [-0.2, -0.15) is 0 Å². The van der Waals surface area contributed by atoms with Crippen LogP contribution in [0.25, 0.3) is 0 Å². The highest BCUT2D eigenvalue weighted by Gasteiger charge is 2.27. The van der Waals surface area contributed by atoms with Crippen LogP contribution in [0.2, 0.25) is 0 Å². The summed E-state index contributed by atoms with van der Waals surface area (Å²) in [6.07, 6.45) is 4.52. The summed E-state index contributed by atoms with van der Waals surface area (Å²) in [6, 6.07) is 7.92. The highest BCUT2D eigenvalue weighted by Crippen LogP contribution is 2.28. The van der Waals surface area contributed by atoms with E-state index in [1.165, 1.54) is 0 Å². The minimum atomic E-state index is 0.0206. The first-order valence-electron chi connectivity index (χ1n) is 7.15. The first-order chi connectivity index (χ1) is 10.2. The normalized spacial score (nSPS) is 17.3. The maximum atomic E-state index is 12.5. The Morgan fingerprint density at radius 1 is 1.43 bits per heavy atom. The average molecular weight is 301 g/mol. The Morgan fingerprint density at radius 3 is 3.05 bits per heavy atom. The predicted octanol–water partition coefficient (Wildman–Crippen LogP) is 3.18. The zero-order valence-electron chi connectivity index (χ0n) is 12.3. The summed E-state index contributed by atoms with van der Waals surface area (Å²) in [5.41, 5.74) is 3.15. The van der Waals surface area contributed by atoms with Crippen LogP contribution in [0.4, 0.5) is 5.69 Å². The molecule has 2 N–H and O–H groups in total. The SMILES string of the molecule is CSc1ccccc1NC(=O)C1CCc2nc(C)[nH]c2C1. The number of amides is 1. The third-order valence-corrected chi connectivity index (χ3v) is 4.69. The second-order valence-corrected chi connectivity index (χ2v) is 6.22. The number of nitrogens with one attached hydrogen (secondary N) is 2. The summed E-state index contributed by atoms with van der Waals surface area (Å²) in [6.45, 7) is 1.96. The van der Waals surface area contributed by atoms with E-state index >= 15 is 0 Å². The second kappa shape index (κ2) is 5.93. The lowest BCUT2D eigenvalue weighted by molar-refractivity contribution is -0.120. The molecule has 1 amide bonds. The van der Waals surface area contributed by atoms with Gasteiger partial charge in [-0.3, -0.25) is 4.79 Å². The number of carbonyl (C=O) groups excluding carboxylic acids is 1. The molecule has 1 aliphatic carbocycles. The molecule has 21 heavy (non-hydrogen) atoms. The van der Waals surface area contributed by atoms with Crippen LogP contribution in [-0.4, -0.2) is 22.1 Å². The van der Waals surface area contributed by atoms with Crippen LogP contribution in [0.15, 0.2) is 29.2 Å². The average Bonchev–Trinajstić information content (AvgIpc) is 2.86. The molecule has 1 unspecified atom stereocenters. The number of hydrogen-bond acceptors (Lipinski definition) is 3. The Kier molecular flexibility index (Phi) is 4.01. The molecule has 1 aliphatic rings. The first-order valence-corrected chi connectivity index (χ1v) is 8.38. The number of anilines is 1. The summed E-state index contributed by atoms with van der Waals surface area (Å²) in [7, 11) is 0. The number of thioether (sulfide) groups is 1. The van der Waals surface area contributed by atoms with Crippen molar-refractivity contribution in [3.8, 4) is 0 Å². The largest absolute Gasteiger partial charge is 0.346 e. The molecule has 0 radical (unpaired) electrons. The van der Waals surface area contributed by atoms with Crippen molar-refractivity contribution in [3.63, 3.8) is 0 Å². The molecule has 0 saturated carbocycles. The van der Waals surface area contributed by atoms with E-state index in [2.05, 4.69) is 15.3 Å². The van der Waals surface area contributed by atoms with Gasteiger partial charge in [0.15, 0.2) is 0 Å². The smallest absolute Gasteiger partial charge is 0.227 e. The van der Waals surface area contributed by atoms with Gasteiger partial charge in [0.05, 0.1) is 11.4 Å². The molecule has 0 bridgehead atoms. The van der Waals surface area contributed by atoms with E-state index in [1.54, 1.807) is 11.8 Å². The molecule has 3 rings (SSSR count). The predicted molar refractivity (Wildman–Crippen MR) is 85.7 cm³/mol. The third kappa shape index (κ3) is 2.97. The van der Waals surface area contributed by atoms with Gasteiger partial charge in [-0.25, -0.2) is 4.98 Å². The lowest BCUT2D eigenvalue weighted by Crippen LogP contribution is -2.28. The number of nitrogens with zero attached hydrogens (tertiary/aromatic N) is 1. The number of fused-ring (bicyclic) bond motifs is 1. The minimum Gasteiger partial charge on any atom is -0.346 e. The van der Waals surface area contributed by atoms with E-state index in [-0.39, 0.29) is 11.8 Å². The van der Waals surface area contributed by atoms with Gasteiger partial charge in [0.2, 0.25) is 5.91 Å². The quantitative estimate of drug-likeness (QED) is 0.856. The Morgan fingerprint density at radius 2 is 2.24 bits per heavy atom. The van der Waals surface area contributed by atoms with Crippen molar-refractivity contribution in [2.75, 3.05) is 11.6 Å². The zero-order valence-corrected chi connectivity index (χ0v) is 13.1. The van der Waals surface area contributed by atoms with Crippen molar-refractivity contribution < 1.29 is 4.79 Å². The van der Waals surface area contributed by atoms with E-state index in [9.17, 15) is 4.79 Å². The first kappa shape index (κ1) is 14.2. The topological polar surface area (TPSA) is 57.8 Å². The van der Waals surface area contributed by atoms with Crippen molar-refractivity contribution in [1.29, 1.82) is 0 Å². The summed E-state index contributed by atoms with van der Waals surface area (Å²) in [4.78, 5) is 21.3. The number of imidazole rings is 1. The Labute approximate surface area is 128 Å². The maximum absolute atomic E-state index is 12.5. The third-order valence-electron chi connectivity index (χ3n) is 3.90. The van der Waals surface area contributed by atoms with E-state index in [0.29, 0.717) is 0 Å². The number of aromatic nitrogens is 2. The molecule has 0 saturated heterocycles. The highest BCUT2D eigenvalue weighted by molar-refractivity contribution is 7.98. The molecule has 1 heterocycles. The van der Waals surface area contributed by atoms with Gasteiger partial charge in [-0.15, -0.1) is 11.8 Å². The summed E-state index contributed by atoms with van der Waals surface area (Å²) in [5, 5.41) is 3.07. The van der Waals surface area contributed by atoms with Crippen LogP contribution >= 0.6 is 11.8 Å². The van der Waals surface area contributed by atoms with Crippen molar-refractivity contribution >= 4 is 23.4 Å². The van der Waals surface area contributed by atoms with E-state index in [1.807, 2.05) is 37.4 Å². The van der Waals surface area contributed by atoms with Crippen LogP contribution in [0.3, 0.4) is 0 Å². The Bertz CT molecular complexity index is 665. The number of aromatic amines is 1. The van der Waals surface area contributed by atoms with Gasteiger partial charge in [-0.1, -0.05) is 12.1 Å². The number of para-hydroxylation sites is 1. The summed E-state index contributed by atoms with van der Waals surface area (Å²) >= 11 is 1.65. The van der Waals surface area contributed by atoms with Crippen LogP contribution in [-0.2, 0) is 17.6 Å². The van der Waals surface area contributed by atoms with Crippen LogP contribution in [0, 0.1) is 12.8 Å². The van der Waals surface area contributed by atoms with Crippen molar-refractivity contribution in [3.05, 3.63) is 41.5 Å². The number of benzene rings is 1. The fourth-order valence-electron chi connectivity index (χ4n) is 2.83. The zero-order chi connectivity index (χ0) is 14.8. The van der Waals surface area contributed by atoms with Crippen molar-refractivity contribution in [2.45, 2.75) is 31.1 Å². The van der Waals surface area contributed by atoms with E-state index in [4.69, 9.17) is 0 Å². The van der Waals surface area contributed by atoms with E-state index < -0.39 is 0 Å². The number of rotatable bonds is 3. The molecule has 1 atom stereocenters. The molecule has 110 valence electrons. The minimum absolute atomic E-state index is 0.0206. The molecular formula is C16H19N3OS. The van der Waals surface area contributed by atoms with Crippen LogP contribution < -0.4 is 5.32 Å². The van der Waals surface area contributed by atoms with Crippen molar-refractivity contribution in [2.24, 2.45) is 5.92 Å². The van der Waals surface area contributed by atoms with Gasteiger partial charge in [-0.05, 0) is 38.2 Å². The van der Waals surface area contributed by atoms with Crippen LogP contribution in [0.5, 0.6) is 0 Å². The van der Waals surface area contributed by atoms with Gasteiger partial charge >= 0.3 is 0 Å². The van der Waals surface area contributed by atoms with Gasteiger partial charge in [0.25, 0.3) is 0 Å². The maximum Gasteiger partial charge on any atom is 0.227 e. The monoisotopic (exact) mass is 301 g/mol. The van der Waals surface area contributed by atoms with Gasteiger partial charge in [0, 0.05) is 22.9 Å². The summed E-state index contributed by atoms with van der Waals surface area (Å²) in [5.74, 6) is 1.07. The molecule has 1 aromatic carbocycles. The summed E-state index contributed by atoms with van der Waals surface area (Å²) < 4.78 is 0. The lowest BCUT2D eigenvalue weighted by Gasteiger charge is -2.21. The number of hydrogen-bond donors (Lipinski definition) is 2. The lowest BCUT2D eigenvalue weighted by atomic mass is 9.89. The molecule has 5 heteroatoms. The molecule has 1 aromatic heterocycles. The Balaban J connectivity index is 1.72. The molecular weight excluding hydrogens is 282 g/mol. The second-order valence-electron chi connectivity index (χ2n) is 5.38. The standard InChI is InChI=1S/C16H19N3OS/c1-10-17-12-8-7-11(9-14(12)18-10)16(20)19-13-5-3-4-6-15(13)21-2/h3-6,11H,7-9H2,1-2H3,(H,17,18)(H,19,20). The molecule has 0 spiro atoms. The molecule has 0 fully saturated rings. The number of aryl methyl sites for hydroxylation is 2. The van der Waals surface area contributed by atoms with Gasteiger partial charge < -0.3 is 10.3 Å². The fourth-order valence-corrected chi connectivity index (χ4v) is 3.38. The van der Waals surface area contributed by atoms with Crippen LogP contribution in [0.1, 0.15) is 23.6 Å². The molecule has 0 aliphatic heterocycles. The number of H-pyrrole nitrogens is 1. The van der Waals surface area contributed by atoms with E-state index in [0.717, 1.165) is 47.1 Å². The highest BCUT2D eigenvalue weighted by atomic mass is 32.2. The molecule has 2 aromatic rings. The Hall–Kier alpha value is -1.75. The fraction of sp³-hybridized carbons (Fsp3) is 0.375. The van der Waals surface area contributed by atoms with Crippen molar-refractivity contribution in [1.82, 2.24) is 9.97 Å².